The minimum absolute atomic E-state index is 0.0428. The average Bonchev–Trinajstić information content (AvgIpc) is 2.51. The zero-order valence-electron chi connectivity index (χ0n) is 13.7. The molecule has 2 rings (SSSR count). The van der Waals surface area contributed by atoms with Crippen molar-refractivity contribution in [2.75, 3.05) is 7.05 Å². The quantitative estimate of drug-likeness (QED) is 0.891. The third-order valence-corrected chi connectivity index (χ3v) is 3.15. The van der Waals surface area contributed by atoms with Crippen molar-refractivity contribution in [1.82, 2.24) is 4.90 Å². The molecule has 0 atom stereocenters. The smallest absolute Gasteiger partial charge is 0.148 e. The van der Waals surface area contributed by atoms with Crippen LogP contribution in [-0.4, -0.2) is 28.6 Å². The summed E-state index contributed by atoms with van der Waals surface area (Å²) in [5, 5.41) is 18.1. The van der Waals surface area contributed by atoms with Crippen molar-refractivity contribution < 1.29 is 9.50 Å². The maximum absolute atomic E-state index is 14.1. The fraction of sp³-hybridized carbons (Fsp3) is 0.294. The van der Waals surface area contributed by atoms with Gasteiger partial charge in [-0.25, -0.2) is 4.39 Å². The van der Waals surface area contributed by atoms with Crippen molar-refractivity contribution in [2.24, 2.45) is 10.2 Å². The first-order valence-electron chi connectivity index (χ1n) is 7.14. The highest BCUT2D eigenvalue weighted by molar-refractivity contribution is 6.17. The summed E-state index contributed by atoms with van der Waals surface area (Å²) in [4.78, 5) is 1.58. The second-order valence-corrected chi connectivity index (χ2v) is 4.58. The van der Waals surface area contributed by atoms with E-state index >= 15 is 0 Å². The van der Waals surface area contributed by atoms with Crippen molar-refractivity contribution in [3.05, 3.63) is 53.5 Å². The number of likely N-dealkylation sites (N-methyl/N-ethyl adjacent to an activating group) is 1. The lowest BCUT2D eigenvalue weighted by Gasteiger charge is -2.26. The lowest BCUT2D eigenvalue weighted by Crippen LogP contribution is -2.32. The zero-order chi connectivity index (χ0) is 16.9. The Labute approximate surface area is 131 Å². The number of aryl methyl sites for hydroxylation is 1. The molecule has 0 spiro atoms. The summed E-state index contributed by atoms with van der Waals surface area (Å²) < 4.78 is 14.1. The van der Waals surface area contributed by atoms with Crippen LogP contribution in [0.1, 0.15) is 31.9 Å². The van der Waals surface area contributed by atoms with E-state index in [4.69, 9.17) is 0 Å². The molecule has 1 aromatic rings. The molecule has 4 nitrogen and oxygen atoms in total. The highest BCUT2D eigenvalue weighted by Crippen LogP contribution is 2.27. The van der Waals surface area contributed by atoms with Gasteiger partial charge < -0.3 is 10.0 Å². The van der Waals surface area contributed by atoms with E-state index in [0.717, 1.165) is 11.6 Å². The monoisotopic (exact) mass is 303 g/mol. The lowest BCUT2D eigenvalue weighted by atomic mass is 10.0. The SMILES string of the molecule is C=C/C(F)=C1/C(c2ccc(C)cc2O)=NN=C(C)N1C.CC. The molecule has 1 aliphatic rings. The maximum Gasteiger partial charge on any atom is 0.148 e. The Bertz CT molecular complexity index is 660. The highest BCUT2D eigenvalue weighted by Gasteiger charge is 2.25. The molecule has 1 N–H and O–H groups in total. The first-order chi connectivity index (χ1) is 10.5. The summed E-state index contributed by atoms with van der Waals surface area (Å²) >= 11 is 0. The van der Waals surface area contributed by atoms with Crippen LogP contribution >= 0.6 is 0 Å². The molecule has 0 bridgehead atoms. The van der Waals surface area contributed by atoms with Crippen LogP contribution in [0, 0.1) is 6.92 Å². The normalized spacial score (nSPS) is 16.2. The van der Waals surface area contributed by atoms with Gasteiger partial charge in [-0.1, -0.05) is 26.5 Å². The van der Waals surface area contributed by atoms with Crippen molar-refractivity contribution in [2.45, 2.75) is 27.7 Å². The number of phenols is 1. The number of aromatic hydroxyl groups is 1. The third kappa shape index (κ3) is 3.42. The van der Waals surface area contributed by atoms with Gasteiger partial charge in [-0.3, -0.25) is 0 Å². The van der Waals surface area contributed by atoms with Gasteiger partial charge in [0.2, 0.25) is 0 Å². The molecule has 0 aliphatic carbocycles. The zero-order valence-corrected chi connectivity index (χ0v) is 13.7. The number of halogens is 1. The van der Waals surface area contributed by atoms with Gasteiger partial charge in [0.25, 0.3) is 0 Å². The first kappa shape index (κ1) is 17.6. The molecule has 118 valence electrons. The lowest BCUT2D eigenvalue weighted by molar-refractivity contribution is 0.473. The number of nitrogens with zero attached hydrogens (tertiary/aromatic N) is 3. The third-order valence-electron chi connectivity index (χ3n) is 3.15. The Morgan fingerprint density at radius 2 is 1.91 bits per heavy atom. The van der Waals surface area contributed by atoms with Crippen LogP contribution in [-0.2, 0) is 0 Å². The van der Waals surface area contributed by atoms with E-state index in [0.29, 0.717) is 11.4 Å². The molecule has 0 fully saturated rings. The summed E-state index contributed by atoms with van der Waals surface area (Å²) in [6.45, 7) is 11.0. The van der Waals surface area contributed by atoms with E-state index < -0.39 is 5.83 Å². The van der Waals surface area contributed by atoms with E-state index in [1.165, 1.54) is 0 Å². The summed E-state index contributed by atoms with van der Waals surface area (Å²) in [5.41, 5.74) is 1.87. The highest BCUT2D eigenvalue weighted by atomic mass is 19.1. The van der Waals surface area contributed by atoms with Crippen LogP contribution in [0.5, 0.6) is 5.75 Å². The molecule has 0 aromatic heterocycles. The van der Waals surface area contributed by atoms with Gasteiger partial charge in [-0.15, -0.1) is 10.2 Å². The Morgan fingerprint density at radius 3 is 2.45 bits per heavy atom. The molecule has 0 amide bonds. The van der Waals surface area contributed by atoms with Gasteiger partial charge in [0.1, 0.15) is 28.8 Å². The van der Waals surface area contributed by atoms with Crippen molar-refractivity contribution in [1.29, 1.82) is 0 Å². The van der Waals surface area contributed by atoms with Crippen LogP contribution in [0.25, 0.3) is 0 Å². The average molecular weight is 303 g/mol. The topological polar surface area (TPSA) is 48.2 Å². The molecule has 1 aliphatic heterocycles. The van der Waals surface area contributed by atoms with Crippen LogP contribution in [0.2, 0.25) is 0 Å². The van der Waals surface area contributed by atoms with Crippen LogP contribution in [0.4, 0.5) is 4.39 Å². The summed E-state index contributed by atoms with van der Waals surface area (Å²) in [5.74, 6) is 0.0918. The number of amidine groups is 1. The van der Waals surface area contributed by atoms with Crippen molar-refractivity contribution in [3.8, 4) is 5.75 Å². The van der Waals surface area contributed by atoms with Gasteiger partial charge in [0.15, 0.2) is 0 Å². The Hall–Kier alpha value is -2.43. The van der Waals surface area contributed by atoms with E-state index in [1.54, 1.807) is 31.0 Å². The summed E-state index contributed by atoms with van der Waals surface area (Å²) in [7, 11) is 1.69. The van der Waals surface area contributed by atoms with E-state index in [2.05, 4.69) is 16.8 Å². The van der Waals surface area contributed by atoms with Crippen LogP contribution in [0.15, 0.2) is 52.6 Å². The Morgan fingerprint density at radius 1 is 1.27 bits per heavy atom. The minimum atomic E-state index is -0.513. The van der Waals surface area contributed by atoms with Gasteiger partial charge >= 0.3 is 0 Å². The molecule has 5 heteroatoms. The van der Waals surface area contributed by atoms with E-state index in [9.17, 15) is 9.50 Å². The first-order valence-corrected chi connectivity index (χ1v) is 7.14. The molecule has 0 saturated heterocycles. The molecular formula is C17H22FN3O. The Balaban J connectivity index is 0.00000116. The number of phenolic OH excluding ortho intramolecular Hbond substituents is 1. The fourth-order valence-electron chi connectivity index (χ4n) is 1.95. The molecule has 1 heterocycles. The second kappa shape index (κ2) is 7.54. The fourth-order valence-corrected chi connectivity index (χ4v) is 1.95. The van der Waals surface area contributed by atoms with E-state index in [1.807, 2.05) is 26.8 Å². The van der Waals surface area contributed by atoms with Gasteiger partial charge in [-0.05, 0) is 37.6 Å². The second-order valence-electron chi connectivity index (χ2n) is 4.58. The standard InChI is InChI=1S/C15H16FN3O.C2H6/c1-5-12(16)15-14(18-17-10(3)19(15)4)11-7-6-9(2)8-13(11)20;1-2/h5-8,20H,1H2,2-4H3;1-2H3/b15-12+;. The predicted octanol–water partition coefficient (Wildman–Crippen LogP) is 4.16. The number of hydrogen-bond donors (Lipinski definition) is 1. The predicted molar refractivity (Wildman–Crippen MR) is 89.9 cm³/mol. The van der Waals surface area contributed by atoms with Gasteiger partial charge in [-0.2, -0.15) is 0 Å². The number of rotatable bonds is 2. The van der Waals surface area contributed by atoms with Crippen molar-refractivity contribution in [3.63, 3.8) is 0 Å². The number of benzene rings is 1. The molecule has 22 heavy (non-hydrogen) atoms. The summed E-state index contributed by atoms with van der Waals surface area (Å²) in [6, 6.07) is 5.13. The molecule has 1 aromatic carbocycles. The van der Waals surface area contributed by atoms with E-state index in [-0.39, 0.29) is 17.2 Å². The van der Waals surface area contributed by atoms with Crippen molar-refractivity contribution >= 4 is 11.5 Å². The van der Waals surface area contributed by atoms with Crippen LogP contribution in [0.3, 0.4) is 0 Å². The summed E-state index contributed by atoms with van der Waals surface area (Å²) in [6.07, 6.45) is 1.12. The Kier molecular flexibility index (Phi) is 6.04. The molecule has 0 unspecified atom stereocenters. The maximum atomic E-state index is 14.1. The van der Waals surface area contributed by atoms with Gasteiger partial charge in [0.05, 0.1) is 0 Å². The van der Waals surface area contributed by atoms with Crippen LogP contribution < -0.4 is 0 Å². The number of hydrogen-bond acceptors (Lipinski definition) is 4. The molecule has 0 radical (unpaired) electrons. The van der Waals surface area contributed by atoms with Gasteiger partial charge in [0, 0.05) is 12.6 Å². The minimum Gasteiger partial charge on any atom is -0.507 e. The number of allylic oxidation sites excluding steroid dienone is 3. The molecular weight excluding hydrogens is 281 g/mol. The molecule has 0 saturated carbocycles. The largest absolute Gasteiger partial charge is 0.507 e.